The van der Waals surface area contributed by atoms with Crippen LogP contribution in [0.15, 0.2) is 72.1 Å². The first kappa shape index (κ1) is 19.2. The Hall–Kier alpha value is -3.15. The first-order valence-electron chi connectivity index (χ1n) is 9.36. The molecule has 0 spiro atoms. The van der Waals surface area contributed by atoms with E-state index >= 15 is 0 Å². The van der Waals surface area contributed by atoms with Gasteiger partial charge >= 0.3 is 5.97 Å². The lowest BCUT2D eigenvalue weighted by molar-refractivity contribution is -0.136. The maximum Gasteiger partial charge on any atom is 0.307 e. The number of nitrogens with two attached hydrogens (primary N) is 1. The molecule has 1 heterocycles. The molecule has 0 radical (unpaired) electrons. The monoisotopic (exact) mass is 403 g/mol. The van der Waals surface area contributed by atoms with Gasteiger partial charge in [0.05, 0.1) is 6.42 Å². The Morgan fingerprint density at radius 2 is 1.79 bits per heavy atom. The largest absolute Gasteiger partial charge is 0.489 e. The Morgan fingerprint density at radius 3 is 2.62 bits per heavy atom. The van der Waals surface area contributed by atoms with Crippen molar-refractivity contribution in [2.75, 3.05) is 0 Å². The average molecular weight is 404 g/mol. The standard InChI is InChI=1S/C24H21NO3S/c25-13-16-4-3-6-17(10-16)18-8-9-23-21(11-18)20(15-29-23)14-28-22-7-2-1-5-19(22)12-24(26)27/h1-11,15H,12-14,25H2,(H,26,27). The number of rotatable bonds is 7. The van der Waals surface area contributed by atoms with Crippen LogP contribution >= 0.6 is 11.3 Å². The predicted octanol–water partition coefficient (Wildman–Crippen LogP) is 5.23. The highest BCUT2D eigenvalue weighted by Gasteiger charge is 2.11. The SMILES string of the molecule is NCc1cccc(-c2ccc3scc(COc4ccccc4CC(=O)O)c3c2)c1. The van der Waals surface area contributed by atoms with E-state index in [1.807, 2.05) is 30.3 Å². The molecule has 0 atom stereocenters. The molecule has 3 aromatic carbocycles. The second-order valence-corrected chi connectivity index (χ2v) is 7.75. The maximum absolute atomic E-state index is 11.1. The molecule has 4 nitrogen and oxygen atoms in total. The average Bonchev–Trinajstić information content (AvgIpc) is 3.15. The van der Waals surface area contributed by atoms with Crippen LogP contribution in [0.1, 0.15) is 16.7 Å². The Balaban J connectivity index is 1.61. The molecule has 0 unspecified atom stereocenters. The van der Waals surface area contributed by atoms with E-state index in [9.17, 15) is 4.79 Å². The van der Waals surface area contributed by atoms with Crippen molar-refractivity contribution < 1.29 is 14.6 Å². The van der Waals surface area contributed by atoms with Crippen molar-refractivity contribution in [1.82, 2.24) is 0 Å². The smallest absolute Gasteiger partial charge is 0.307 e. The fraction of sp³-hybridized carbons (Fsp3) is 0.125. The van der Waals surface area contributed by atoms with Crippen LogP contribution in [0.2, 0.25) is 0 Å². The molecule has 0 amide bonds. The molecule has 5 heteroatoms. The minimum absolute atomic E-state index is 0.0534. The number of hydrogen-bond donors (Lipinski definition) is 2. The summed E-state index contributed by atoms with van der Waals surface area (Å²) in [5.41, 5.74) is 10.9. The van der Waals surface area contributed by atoms with Gasteiger partial charge in [0.1, 0.15) is 12.4 Å². The van der Waals surface area contributed by atoms with E-state index in [1.165, 1.54) is 4.70 Å². The van der Waals surface area contributed by atoms with Crippen molar-refractivity contribution in [2.24, 2.45) is 5.73 Å². The van der Waals surface area contributed by atoms with Crippen molar-refractivity contribution in [1.29, 1.82) is 0 Å². The Labute approximate surface area is 173 Å². The van der Waals surface area contributed by atoms with Gasteiger partial charge in [0.15, 0.2) is 0 Å². The number of carboxylic acids is 1. The lowest BCUT2D eigenvalue weighted by atomic mass is 10.0. The first-order valence-corrected chi connectivity index (χ1v) is 10.2. The van der Waals surface area contributed by atoms with Crippen molar-refractivity contribution in [3.63, 3.8) is 0 Å². The fourth-order valence-corrected chi connectivity index (χ4v) is 4.29. The van der Waals surface area contributed by atoms with Gasteiger partial charge in [-0.1, -0.05) is 42.5 Å². The molecule has 0 bridgehead atoms. The number of hydrogen-bond acceptors (Lipinski definition) is 4. The highest BCUT2D eigenvalue weighted by Crippen LogP contribution is 2.32. The number of ether oxygens (including phenoxy) is 1. The maximum atomic E-state index is 11.1. The summed E-state index contributed by atoms with van der Waals surface area (Å²) in [5, 5.41) is 12.4. The van der Waals surface area contributed by atoms with E-state index in [4.69, 9.17) is 15.6 Å². The molecular weight excluding hydrogens is 382 g/mol. The number of carbonyl (C=O) groups is 1. The van der Waals surface area contributed by atoms with E-state index in [1.54, 1.807) is 17.4 Å². The predicted molar refractivity (Wildman–Crippen MR) is 117 cm³/mol. The highest BCUT2D eigenvalue weighted by atomic mass is 32.1. The summed E-state index contributed by atoms with van der Waals surface area (Å²) in [6, 6.07) is 22.0. The van der Waals surface area contributed by atoms with Gasteiger partial charge in [-0.25, -0.2) is 0 Å². The van der Waals surface area contributed by atoms with Crippen molar-refractivity contribution in [3.05, 3.63) is 88.8 Å². The molecule has 29 heavy (non-hydrogen) atoms. The Morgan fingerprint density at radius 1 is 0.966 bits per heavy atom. The van der Waals surface area contributed by atoms with E-state index in [0.29, 0.717) is 24.5 Å². The third kappa shape index (κ3) is 4.31. The van der Waals surface area contributed by atoms with Crippen LogP contribution < -0.4 is 10.5 Å². The lowest BCUT2D eigenvalue weighted by Crippen LogP contribution is -2.03. The molecule has 146 valence electrons. The molecule has 0 aliphatic rings. The summed E-state index contributed by atoms with van der Waals surface area (Å²) in [4.78, 5) is 11.1. The molecule has 4 rings (SSSR count). The van der Waals surface area contributed by atoms with Crippen LogP contribution in [0.25, 0.3) is 21.2 Å². The van der Waals surface area contributed by atoms with E-state index in [2.05, 4.69) is 35.7 Å². The molecular formula is C24H21NO3S. The molecule has 0 aliphatic heterocycles. The Kier molecular flexibility index (Phi) is 5.60. The van der Waals surface area contributed by atoms with Crippen LogP contribution in [-0.2, 0) is 24.4 Å². The van der Waals surface area contributed by atoms with Crippen molar-refractivity contribution in [2.45, 2.75) is 19.6 Å². The number of para-hydroxylation sites is 1. The zero-order valence-electron chi connectivity index (χ0n) is 15.8. The van der Waals surface area contributed by atoms with Crippen LogP contribution in [0.4, 0.5) is 0 Å². The van der Waals surface area contributed by atoms with Crippen molar-refractivity contribution in [3.8, 4) is 16.9 Å². The van der Waals surface area contributed by atoms with Crippen LogP contribution in [-0.4, -0.2) is 11.1 Å². The van der Waals surface area contributed by atoms with Crippen molar-refractivity contribution >= 4 is 27.4 Å². The summed E-state index contributed by atoms with van der Waals surface area (Å²) in [6.45, 7) is 0.909. The molecule has 0 saturated carbocycles. The third-order valence-electron chi connectivity index (χ3n) is 4.85. The second-order valence-electron chi connectivity index (χ2n) is 6.84. The summed E-state index contributed by atoms with van der Waals surface area (Å²) in [5.74, 6) is -0.257. The lowest BCUT2D eigenvalue weighted by Gasteiger charge is -2.10. The van der Waals surface area contributed by atoms with Crippen LogP contribution in [0.3, 0.4) is 0 Å². The molecule has 0 saturated heterocycles. The third-order valence-corrected chi connectivity index (χ3v) is 5.86. The minimum Gasteiger partial charge on any atom is -0.489 e. The summed E-state index contributed by atoms with van der Waals surface area (Å²) in [7, 11) is 0. The van der Waals surface area contributed by atoms with E-state index in [-0.39, 0.29) is 6.42 Å². The van der Waals surface area contributed by atoms with Gasteiger partial charge in [0.25, 0.3) is 0 Å². The van der Waals surface area contributed by atoms with Gasteiger partial charge < -0.3 is 15.6 Å². The molecule has 0 aliphatic carbocycles. The van der Waals surface area contributed by atoms with Gasteiger partial charge in [-0.15, -0.1) is 11.3 Å². The second kappa shape index (κ2) is 8.47. The number of thiophene rings is 1. The quantitative estimate of drug-likeness (QED) is 0.443. The number of carboxylic acid groups (broad SMARTS) is 1. The zero-order chi connectivity index (χ0) is 20.2. The van der Waals surface area contributed by atoms with E-state index < -0.39 is 5.97 Å². The van der Waals surface area contributed by atoms with Gasteiger partial charge in [-0.05, 0) is 51.7 Å². The molecule has 0 fully saturated rings. The van der Waals surface area contributed by atoms with Crippen LogP contribution in [0.5, 0.6) is 5.75 Å². The number of aliphatic carboxylic acids is 1. The van der Waals surface area contributed by atoms with Gasteiger partial charge in [0.2, 0.25) is 0 Å². The minimum atomic E-state index is -0.869. The summed E-state index contributed by atoms with van der Waals surface area (Å²) < 4.78 is 7.19. The van der Waals surface area contributed by atoms with E-state index in [0.717, 1.165) is 27.6 Å². The molecule has 1 aromatic heterocycles. The highest BCUT2D eigenvalue weighted by molar-refractivity contribution is 7.17. The summed E-state index contributed by atoms with van der Waals surface area (Å²) in [6.07, 6.45) is -0.0534. The first-order chi connectivity index (χ1) is 14.1. The van der Waals surface area contributed by atoms with Gasteiger partial charge in [-0.2, -0.15) is 0 Å². The van der Waals surface area contributed by atoms with Crippen LogP contribution in [0, 0.1) is 0 Å². The van der Waals surface area contributed by atoms with Gasteiger partial charge in [0, 0.05) is 22.4 Å². The fourth-order valence-electron chi connectivity index (χ4n) is 3.36. The Bertz CT molecular complexity index is 1170. The molecule has 4 aromatic rings. The normalized spacial score (nSPS) is 10.9. The zero-order valence-corrected chi connectivity index (χ0v) is 16.6. The molecule has 3 N–H and O–H groups in total. The number of benzene rings is 3. The topological polar surface area (TPSA) is 72.5 Å². The van der Waals surface area contributed by atoms with Gasteiger partial charge in [-0.3, -0.25) is 4.79 Å². The summed E-state index contributed by atoms with van der Waals surface area (Å²) >= 11 is 1.68. The number of fused-ring (bicyclic) bond motifs is 1.